The van der Waals surface area contributed by atoms with Gasteiger partial charge in [0.25, 0.3) is 0 Å². The number of hydrogen-bond donors (Lipinski definition) is 1. The molecule has 1 N–H and O–H groups in total. The standard InChI is InChI=1S/C14H27N/c1-13(2)11-9-7-5-6-8-10-12-15-14(3)4/h5-6,13,15H,3,7-12H2,1-2,4H3/b6-5+. The van der Waals surface area contributed by atoms with Gasteiger partial charge in [-0.15, -0.1) is 0 Å². The van der Waals surface area contributed by atoms with Gasteiger partial charge in [0.05, 0.1) is 0 Å². The number of rotatable bonds is 9. The number of allylic oxidation sites excluding steroid dienone is 3. The summed E-state index contributed by atoms with van der Waals surface area (Å²) in [7, 11) is 0. The minimum atomic E-state index is 0.846. The summed E-state index contributed by atoms with van der Waals surface area (Å²) in [6.45, 7) is 11.4. The lowest BCUT2D eigenvalue weighted by atomic mass is 10.1. The molecule has 0 saturated carbocycles. The molecule has 0 unspecified atom stereocenters. The molecule has 0 amide bonds. The van der Waals surface area contributed by atoms with E-state index in [9.17, 15) is 0 Å². The van der Waals surface area contributed by atoms with Crippen molar-refractivity contribution in [1.82, 2.24) is 5.32 Å². The zero-order valence-electron chi connectivity index (χ0n) is 10.7. The monoisotopic (exact) mass is 209 g/mol. The highest BCUT2D eigenvalue weighted by molar-refractivity contribution is 4.85. The SMILES string of the molecule is C=C(C)NCCC/C=C/CCCC(C)C. The topological polar surface area (TPSA) is 12.0 Å². The minimum Gasteiger partial charge on any atom is -0.389 e. The van der Waals surface area contributed by atoms with Gasteiger partial charge >= 0.3 is 0 Å². The second-order valence-corrected chi connectivity index (χ2v) is 4.65. The Labute approximate surface area is 95.7 Å². The first-order chi connectivity index (χ1) is 7.13. The predicted octanol–water partition coefficient (Wildman–Crippen LogP) is 4.27. The molecule has 0 aromatic heterocycles. The van der Waals surface area contributed by atoms with Crippen LogP contribution in [0.4, 0.5) is 0 Å². The Morgan fingerprint density at radius 2 is 1.80 bits per heavy atom. The molecule has 0 saturated heterocycles. The third-order valence-electron chi connectivity index (χ3n) is 2.29. The van der Waals surface area contributed by atoms with E-state index in [-0.39, 0.29) is 0 Å². The molecular formula is C14H27N. The second kappa shape index (κ2) is 9.82. The smallest absolute Gasteiger partial charge is 0.0146 e. The van der Waals surface area contributed by atoms with Crippen LogP contribution in [0.15, 0.2) is 24.4 Å². The van der Waals surface area contributed by atoms with Gasteiger partial charge < -0.3 is 5.32 Å². The van der Waals surface area contributed by atoms with Crippen molar-refractivity contribution in [3.63, 3.8) is 0 Å². The molecule has 0 atom stereocenters. The van der Waals surface area contributed by atoms with E-state index in [1.807, 2.05) is 6.92 Å². The molecule has 1 heteroatoms. The van der Waals surface area contributed by atoms with Crippen LogP contribution in [0.2, 0.25) is 0 Å². The summed E-state index contributed by atoms with van der Waals surface area (Å²) < 4.78 is 0. The van der Waals surface area contributed by atoms with Crippen LogP contribution >= 0.6 is 0 Å². The molecule has 0 aromatic carbocycles. The second-order valence-electron chi connectivity index (χ2n) is 4.65. The van der Waals surface area contributed by atoms with Gasteiger partial charge in [0.2, 0.25) is 0 Å². The van der Waals surface area contributed by atoms with Crippen molar-refractivity contribution in [1.29, 1.82) is 0 Å². The zero-order chi connectivity index (χ0) is 11.5. The fourth-order valence-electron chi connectivity index (χ4n) is 1.40. The van der Waals surface area contributed by atoms with E-state index in [4.69, 9.17) is 0 Å². The largest absolute Gasteiger partial charge is 0.389 e. The summed E-state index contributed by atoms with van der Waals surface area (Å²) in [4.78, 5) is 0. The van der Waals surface area contributed by atoms with Gasteiger partial charge in [-0.2, -0.15) is 0 Å². The maximum absolute atomic E-state index is 3.80. The van der Waals surface area contributed by atoms with Crippen molar-refractivity contribution in [3.8, 4) is 0 Å². The maximum Gasteiger partial charge on any atom is 0.0146 e. The van der Waals surface area contributed by atoms with Crippen LogP contribution in [0.1, 0.15) is 52.9 Å². The van der Waals surface area contributed by atoms with E-state index in [0.29, 0.717) is 0 Å². The number of nitrogens with one attached hydrogen (secondary N) is 1. The lowest BCUT2D eigenvalue weighted by molar-refractivity contribution is 0.559. The van der Waals surface area contributed by atoms with Crippen LogP contribution in [0, 0.1) is 5.92 Å². The molecule has 0 fully saturated rings. The molecule has 0 spiro atoms. The van der Waals surface area contributed by atoms with Gasteiger partial charge in [0.1, 0.15) is 0 Å². The molecule has 15 heavy (non-hydrogen) atoms. The summed E-state index contributed by atoms with van der Waals surface area (Å²) in [5, 5.41) is 3.23. The average Bonchev–Trinajstić information content (AvgIpc) is 2.14. The summed E-state index contributed by atoms with van der Waals surface area (Å²) in [6, 6.07) is 0. The number of hydrogen-bond acceptors (Lipinski definition) is 1. The van der Waals surface area contributed by atoms with Gasteiger partial charge in [-0.1, -0.05) is 39.0 Å². The van der Waals surface area contributed by atoms with E-state index in [1.165, 1.54) is 32.1 Å². The lowest BCUT2D eigenvalue weighted by Crippen LogP contribution is -2.10. The molecule has 0 aliphatic carbocycles. The van der Waals surface area contributed by atoms with Crippen molar-refractivity contribution >= 4 is 0 Å². The van der Waals surface area contributed by atoms with Crippen molar-refractivity contribution in [2.45, 2.75) is 52.9 Å². The summed E-state index contributed by atoms with van der Waals surface area (Å²) in [6.07, 6.45) is 10.9. The van der Waals surface area contributed by atoms with E-state index in [1.54, 1.807) is 0 Å². The van der Waals surface area contributed by atoms with Crippen molar-refractivity contribution in [2.75, 3.05) is 6.54 Å². The van der Waals surface area contributed by atoms with Gasteiger partial charge in [-0.05, 0) is 38.5 Å². The highest BCUT2D eigenvalue weighted by Crippen LogP contribution is 2.06. The molecule has 0 bridgehead atoms. The van der Waals surface area contributed by atoms with Gasteiger partial charge in [0.15, 0.2) is 0 Å². The molecule has 0 heterocycles. The third-order valence-corrected chi connectivity index (χ3v) is 2.29. The molecule has 0 rings (SSSR count). The Morgan fingerprint density at radius 3 is 2.33 bits per heavy atom. The molecule has 0 radical (unpaired) electrons. The van der Waals surface area contributed by atoms with E-state index >= 15 is 0 Å². The zero-order valence-corrected chi connectivity index (χ0v) is 10.7. The highest BCUT2D eigenvalue weighted by atomic mass is 14.9. The van der Waals surface area contributed by atoms with Crippen LogP contribution in [0.5, 0.6) is 0 Å². The van der Waals surface area contributed by atoms with Crippen molar-refractivity contribution in [3.05, 3.63) is 24.4 Å². The van der Waals surface area contributed by atoms with Gasteiger partial charge in [0, 0.05) is 12.2 Å². The number of unbranched alkanes of at least 4 members (excludes halogenated alkanes) is 2. The minimum absolute atomic E-state index is 0.846. The van der Waals surface area contributed by atoms with Gasteiger partial charge in [-0.3, -0.25) is 0 Å². The molecule has 0 aliphatic rings. The molecule has 88 valence electrons. The summed E-state index contributed by atoms with van der Waals surface area (Å²) in [5.74, 6) is 0.846. The van der Waals surface area contributed by atoms with Crippen LogP contribution in [-0.2, 0) is 0 Å². The Hall–Kier alpha value is -0.720. The maximum atomic E-state index is 3.80. The van der Waals surface area contributed by atoms with E-state index < -0.39 is 0 Å². The highest BCUT2D eigenvalue weighted by Gasteiger charge is 1.91. The quantitative estimate of drug-likeness (QED) is 0.441. The first kappa shape index (κ1) is 14.3. The van der Waals surface area contributed by atoms with E-state index in [0.717, 1.165) is 18.2 Å². The molecular weight excluding hydrogens is 182 g/mol. The molecule has 1 nitrogen and oxygen atoms in total. The van der Waals surface area contributed by atoms with E-state index in [2.05, 4.69) is 37.9 Å². The Morgan fingerprint density at radius 1 is 1.20 bits per heavy atom. The molecule has 0 aliphatic heterocycles. The van der Waals surface area contributed by atoms with Crippen LogP contribution in [-0.4, -0.2) is 6.54 Å². The first-order valence-corrected chi connectivity index (χ1v) is 6.17. The predicted molar refractivity (Wildman–Crippen MR) is 69.9 cm³/mol. The Bertz CT molecular complexity index is 180. The third kappa shape index (κ3) is 13.3. The molecule has 0 aromatic rings. The first-order valence-electron chi connectivity index (χ1n) is 6.17. The van der Waals surface area contributed by atoms with Crippen LogP contribution in [0.3, 0.4) is 0 Å². The van der Waals surface area contributed by atoms with Gasteiger partial charge in [-0.25, -0.2) is 0 Å². The Kier molecular flexibility index (Phi) is 9.35. The fraction of sp³-hybridized carbons (Fsp3) is 0.714. The fourth-order valence-corrected chi connectivity index (χ4v) is 1.40. The lowest BCUT2D eigenvalue weighted by Gasteiger charge is -2.02. The Balaban J connectivity index is 3.14. The van der Waals surface area contributed by atoms with Crippen LogP contribution in [0.25, 0.3) is 0 Å². The average molecular weight is 209 g/mol. The summed E-state index contributed by atoms with van der Waals surface area (Å²) >= 11 is 0. The van der Waals surface area contributed by atoms with Crippen molar-refractivity contribution < 1.29 is 0 Å². The van der Waals surface area contributed by atoms with Crippen LogP contribution < -0.4 is 5.32 Å². The normalized spacial score (nSPS) is 11.2. The van der Waals surface area contributed by atoms with Crippen molar-refractivity contribution in [2.24, 2.45) is 5.92 Å². The summed E-state index contributed by atoms with van der Waals surface area (Å²) in [5.41, 5.74) is 1.07.